The van der Waals surface area contributed by atoms with Crippen molar-refractivity contribution in [3.63, 3.8) is 0 Å². The van der Waals surface area contributed by atoms with Gasteiger partial charge in [0.05, 0.1) is 0 Å². The van der Waals surface area contributed by atoms with E-state index in [2.05, 4.69) is 23.8 Å². The van der Waals surface area contributed by atoms with Crippen molar-refractivity contribution in [2.45, 2.75) is 6.42 Å². The molecule has 0 aromatic carbocycles. The lowest BCUT2D eigenvalue weighted by Crippen LogP contribution is -2.21. The van der Waals surface area contributed by atoms with E-state index in [0.717, 1.165) is 32.6 Å². The molecule has 16 heavy (non-hydrogen) atoms. The normalized spacial score (nSPS) is 10.2. The second kappa shape index (κ2) is 12.6. The zero-order valence-corrected chi connectivity index (χ0v) is 10.2. The number of hydrogen-bond donors (Lipinski definition) is 5. The van der Waals surface area contributed by atoms with Crippen LogP contribution < -0.4 is 10.6 Å². The maximum absolute atomic E-state index is 8.88. The minimum atomic E-state index is -4.64. The highest BCUT2D eigenvalue weighted by Crippen LogP contribution is 2.25. The molecule has 0 aliphatic rings. The molecule has 0 atom stereocenters. The van der Waals surface area contributed by atoms with Crippen molar-refractivity contribution in [3.8, 4) is 0 Å². The summed E-state index contributed by atoms with van der Waals surface area (Å²) in [6, 6.07) is 0. The van der Waals surface area contributed by atoms with Crippen molar-refractivity contribution < 1.29 is 19.2 Å². The summed E-state index contributed by atoms with van der Waals surface area (Å²) < 4.78 is 8.88. The van der Waals surface area contributed by atoms with Crippen molar-refractivity contribution in [1.82, 2.24) is 10.6 Å². The second-order valence-corrected chi connectivity index (χ2v) is 3.88. The molecular formula is C9H21N2O4P. The third kappa shape index (κ3) is 37.5. The molecule has 6 nitrogen and oxygen atoms in total. The smallest absolute Gasteiger partial charge is 0.313 e. The number of hydrogen-bond acceptors (Lipinski definition) is 3. The first-order valence-electron chi connectivity index (χ1n) is 4.83. The quantitative estimate of drug-likeness (QED) is 0.237. The molecule has 5 N–H and O–H groups in total. The Morgan fingerprint density at radius 3 is 1.56 bits per heavy atom. The average molecular weight is 252 g/mol. The number of phosphoric acid groups is 1. The molecule has 0 unspecified atom stereocenters. The van der Waals surface area contributed by atoms with Gasteiger partial charge < -0.3 is 25.3 Å². The molecule has 96 valence electrons. The Morgan fingerprint density at radius 1 is 1.00 bits per heavy atom. The molecule has 0 aliphatic carbocycles. The summed E-state index contributed by atoms with van der Waals surface area (Å²) in [4.78, 5) is 21.6. The van der Waals surface area contributed by atoms with Crippen LogP contribution in [0.5, 0.6) is 0 Å². The zero-order valence-electron chi connectivity index (χ0n) is 9.30. The van der Waals surface area contributed by atoms with E-state index >= 15 is 0 Å². The topological polar surface area (TPSA) is 102 Å². The van der Waals surface area contributed by atoms with Gasteiger partial charge in [0.15, 0.2) is 0 Å². The molecule has 0 aromatic heterocycles. The lowest BCUT2D eigenvalue weighted by molar-refractivity contribution is 0.275. The van der Waals surface area contributed by atoms with E-state index in [1.54, 1.807) is 0 Å². The van der Waals surface area contributed by atoms with Crippen LogP contribution in [0, 0.1) is 0 Å². The van der Waals surface area contributed by atoms with E-state index in [0.29, 0.717) is 0 Å². The van der Waals surface area contributed by atoms with Gasteiger partial charge in [-0.05, 0) is 19.5 Å². The van der Waals surface area contributed by atoms with Crippen LogP contribution in [-0.4, -0.2) is 40.9 Å². The van der Waals surface area contributed by atoms with Gasteiger partial charge in [0, 0.05) is 13.1 Å². The monoisotopic (exact) mass is 252 g/mol. The summed E-state index contributed by atoms with van der Waals surface area (Å²) >= 11 is 0. The van der Waals surface area contributed by atoms with Gasteiger partial charge in [-0.15, -0.1) is 13.2 Å². The van der Waals surface area contributed by atoms with Crippen molar-refractivity contribution in [1.29, 1.82) is 0 Å². The highest BCUT2D eigenvalue weighted by atomic mass is 31.2. The van der Waals surface area contributed by atoms with E-state index in [1.807, 2.05) is 12.2 Å². The molecule has 0 saturated carbocycles. The molecule has 0 fully saturated rings. The first-order chi connectivity index (χ1) is 7.41. The van der Waals surface area contributed by atoms with Crippen LogP contribution >= 0.6 is 7.82 Å². The summed E-state index contributed by atoms with van der Waals surface area (Å²) in [5.41, 5.74) is 0. The molecule has 0 bridgehead atoms. The zero-order chi connectivity index (χ0) is 12.9. The van der Waals surface area contributed by atoms with E-state index in [1.165, 1.54) is 0 Å². The first kappa shape index (κ1) is 17.9. The van der Waals surface area contributed by atoms with Gasteiger partial charge >= 0.3 is 7.82 Å². The van der Waals surface area contributed by atoms with Crippen LogP contribution in [0.3, 0.4) is 0 Å². The fraction of sp³-hybridized carbons (Fsp3) is 0.556. The summed E-state index contributed by atoms with van der Waals surface area (Å²) in [6.07, 6.45) is 4.90. The largest absolute Gasteiger partial charge is 0.466 e. The van der Waals surface area contributed by atoms with Gasteiger partial charge in [-0.1, -0.05) is 12.2 Å². The van der Waals surface area contributed by atoms with Gasteiger partial charge in [-0.2, -0.15) is 0 Å². The van der Waals surface area contributed by atoms with Crippen LogP contribution in [0.1, 0.15) is 6.42 Å². The Bertz CT molecular complexity index is 197. The lowest BCUT2D eigenvalue weighted by atomic mass is 10.4. The van der Waals surface area contributed by atoms with Gasteiger partial charge in [0.2, 0.25) is 0 Å². The van der Waals surface area contributed by atoms with Crippen molar-refractivity contribution in [2.24, 2.45) is 0 Å². The molecule has 0 spiro atoms. The van der Waals surface area contributed by atoms with Gasteiger partial charge in [-0.25, -0.2) is 4.57 Å². The number of rotatable bonds is 8. The second-order valence-electron chi connectivity index (χ2n) is 2.85. The van der Waals surface area contributed by atoms with Crippen molar-refractivity contribution >= 4 is 7.82 Å². The SMILES string of the molecule is C=CCNCCCNCC=C.O=P(O)(O)O. The summed E-state index contributed by atoms with van der Waals surface area (Å²) in [5.74, 6) is 0. The highest BCUT2D eigenvalue weighted by Gasteiger charge is 2.00. The van der Waals surface area contributed by atoms with Crippen LogP contribution in [0.4, 0.5) is 0 Å². The maximum Gasteiger partial charge on any atom is 0.466 e. The van der Waals surface area contributed by atoms with E-state index < -0.39 is 7.82 Å². The van der Waals surface area contributed by atoms with E-state index in [9.17, 15) is 0 Å². The van der Waals surface area contributed by atoms with Crippen LogP contribution in [-0.2, 0) is 4.57 Å². The molecule has 7 heteroatoms. The summed E-state index contributed by atoms with van der Waals surface area (Å²) in [6.45, 7) is 11.1. The summed E-state index contributed by atoms with van der Waals surface area (Å²) in [5, 5.41) is 6.46. The highest BCUT2D eigenvalue weighted by molar-refractivity contribution is 7.45. The average Bonchev–Trinajstić information content (AvgIpc) is 2.14. The molecule has 0 heterocycles. The van der Waals surface area contributed by atoms with Gasteiger partial charge in [0.25, 0.3) is 0 Å². The molecular weight excluding hydrogens is 231 g/mol. The Morgan fingerprint density at radius 2 is 1.31 bits per heavy atom. The Hall–Kier alpha value is -0.490. The molecule has 0 amide bonds. The van der Waals surface area contributed by atoms with Crippen LogP contribution in [0.2, 0.25) is 0 Å². The van der Waals surface area contributed by atoms with Gasteiger partial charge in [-0.3, -0.25) is 0 Å². The minimum Gasteiger partial charge on any atom is -0.313 e. The molecule has 0 rings (SSSR count). The van der Waals surface area contributed by atoms with Crippen LogP contribution in [0.15, 0.2) is 25.3 Å². The maximum atomic E-state index is 8.88. The fourth-order valence-corrected chi connectivity index (χ4v) is 0.747. The predicted molar refractivity (Wildman–Crippen MR) is 65.0 cm³/mol. The lowest BCUT2D eigenvalue weighted by Gasteiger charge is -2.01. The molecule has 0 aliphatic heterocycles. The molecule has 0 radical (unpaired) electrons. The molecule has 0 saturated heterocycles. The first-order valence-corrected chi connectivity index (χ1v) is 6.39. The van der Waals surface area contributed by atoms with Crippen LogP contribution in [0.25, 0.3) is 0 Å². The Labute approximate surface area is 96.3 Å². The van der Waals surface area contributed by atoms with E-state index in [-0.39, 0.29) is 0 Å². The Kier molecular flexibility index (Phi) is 14.1. The molecule has 0 aromatic rings. The number of nitrogens with one attached hydrogen (secondary N) is 2. The Balaban J connectivity index is 0. The minimum absolute atomic E-state index is 0.904. The van der Waals surface area contributed by atoms with Crippen molar-refractivity contribution in [3.05, 3.63) is 25.3 Å². The standard InChI is InChI=1S/C9H18N2.H3O4P/c1-3-6-10-8-5-9-11-7-4-2;1-5(2,3)4/h3-4,10-11H,1-2,5-9H2;(H3,1,2,3,4). The predicted octanol–water partition coefficient (Wildman–Crippen LogP) is -0.000900. The third-order valence-electron chi connectivity index (χ3n) is 1.28. The summed E-state index contributed by atoms with van der Waals surface area (Å²) in [7, 11) is -4.64. The van der Waals surface area contributed by atoms with Gasteiger partial charge in [0.1, 0.15) is 0 Å². The fourth-order valence-electron chi connectivity index (χ4n) is 0.747. The van der Waals surface area contributed by atoms with E-state index in [4.69, 9.17) is 19.2 Å². The van der Waals surface area contributed by atoms with Crippen molar-refractivity contribution in [2.75, 3.05) is 26.2 Å². The third-order valence-corrected chi connectivity index (χ3v) is 1.28.